The highest BCUT2D eigenvalue weighted by atomic mass is 16.5. The molecule has 0 bridgehead atoms. The zero-order valence-electron chi connectivity index (χ0n) is 10.4. The van der Waals surface area contributed by atoms with Crippen molar-refractivity contribution in [3.05, 3.63) is 70.8 Å². The molecule has 1 N–H and O–H groups in total. The fourth-order valence-electron chi connectivity index (χ4n) is 2.66. The maximum atomic E-state index is 11.4. The van der Waals surface area contributed by atoms with E-state index < -0.39 is 5.97 Å². The van der Waals surface area contributed by atoms with Crippen molar-refractivity contribution in [2.45, 2.75) is 12.5 Å². The minimum absolute atomic E-state index is 0.00255. The average molecular weight is 254 g/mol. The molecule has 1 unspecified atom stereocenters. The van der Waals surface area contributed by atoms with Crippen LogP contribution in [-0.4, -0.2) is 17.7 Å². The smallest absolute Gasteiger partial charge is 0.335 e. The van der Waals surface area contributed by atoms with E-state index in [1.54, 1.807) is 12.1 Å². The molecule has 1 aliphatic heterocycles. The minimum Gasteiger partial charge on any atom is -0.478 e. The molecular weight excluding hydrogens is 240 g/mol. The van der Waals surface area contributed by atoms with Crippen molar-refractivity contribution in [1.29, 1.82) is 0 Å². The Morgan fingerprint density at radius 3 is 2.63 bits per heavy atom. The molecule has 3 nitrogen and oxygen atoms in total. The van der Waals surface area contributed by atoms with Crippen LogP contribution in [0.2, 0.25) is 0 Å². The molecule has 0 spiro atoms. The van der Waals surface area contributed by atoms with Crippen molar-refractivity contribution in [3.63, 3.8) is 0 Å². The predicted octanol–water partition coefficient (Wildman–Crippen LogP) is 3.05. The Labute approximate surface area is 111 Å². The van der Waals surface area contributed by atoms with Gasteiger partial charge in [-0.15, -0.1) is 0 Å². The first-order chi connectivity index (χ1) is 9.27. The molecular formula is C16H14O3. The summed E-state index contributed by atoms with van der Waals surface area (Å²) in [5.41, 5.74) is 3.35. The van der Waals surface area contributed by atoms with Gasteiger partial charge in [-0.3, -0.25) is 0 Å². The zero-order chi connectivity index (χ0) is 13.2. The molecule has 0 amide bonds. The van der Waals surface area contributed by atoms with E-state index in [2.05, 4.69) is 0 Å². The molecule has 1 aliphatic rings. The molecule has 0 saturated heterocycles. The number of aromatic carboxylic acids is 1. The number of carboxylic acids is 1. The summed E-state index contributed by atoms with van der Waals surface area (Å²) in [7, 11) is 0. The van der Waals surface area contributed by atoms with Gasteiger partial charge in [-0.1, -0.05) is 42.5 Å². The van der Waals surface area contributed by atoms with E-state index in [0.29, 0.717) is 18.8 Å². The summed E-state index contributed by atoms with van der Waals surface area (Å²) in [6, 6.07) is 15.3. The second-order valence-electron chi connectivity index (χ2n) is 4.66. The first-order valence-corrected chi connectivity index (χ1v) is 6.25. The van der Waals surface area contributed by atoms with Gasteiger partial charge in [0.05, 0.1) is 18.8 Å². The number of benzene rings is 2. The number of hydrogen-bond acceptors (Lipinski definition) is 2. The van der Waals surface area contributed by atoms with Crippen LogP contribution in [0.3, 0.4) is 0 Å². The normalized spacial score (nSPS) is 17.8. The molecule has 19 heavy (non-hydrogen) atoms. The number of rotatable bonds is 2. The largest absolute Gasteiger partial charge is 0.478 e. The molecule has 0 fully saturated rings. The summed E-state index contributed by atoms with van der Waals surface area (Å²) in [6.07, 6.45) is 0. The molecule has 0 aliphatic carbocycles. The highest BCUT2D eigenvalue weighted by molar-refractivity contribution is 5.90. The topological polar surface area (TPSA) is 46.5 Å². The molecule has 2 aromatic carbocycles. The first kappa shape index (κ1) is 11.9. The fourth-order valence-corrected chi connectivity index (χ4v) is 2.66. The van der Waals surface area contributed by atoms with Crippen LogP contribution in [0.1, 0.15) is 33.0 Å². The lowest BCUT2D eigenvalue weighted by Crippen LogP contribution is -2.21. The minimum atomic E-state index is -0.875. The van der Waals surface area contributed by atoms with Gasteiger partial charge in [0, 0.05) is 5.92 Å². The number of ether oxygens (including phenoxy) is 1. The second-order valence-corrected chi connectivity index (χ2v) is 4.66. The molecule has 1 atom stereocenters. The highest BCUT2D eigenvalue weighted by Crippen LogP contribution is 2.34. The molecule has 3 heteroatoms. The summed E-state index contributed by atoms with van der Waals surface area (Å²) in [4.78, 5) is 11.4. The van der Waals surface area contributed by atoms with Crippen LogP contribution in [0.5, 0.6) is 0 Å². The molecule has 3 rings (SSSR count). The van der Waals surface area contributed by atoms with Crippen LogP contribution in [-0.2, 0) is 11.3 Å². The molecule has 1 heterocycles. The molecule has 0 saturated carbocycles. The van der Waals surface area contributed by atoms with Gasteiger partial charge in [-0.25, -0.2) is 4.79 Å². The van der Waals surface area contributed by atoms with Crippen LogP contribution in [0.15, 0.2) is 48.5 Å². The number of fused-ring (bicyclic) bond motifs is 1. The SMILES string of the molecule is O=C(O)c1cccc2c1C(c1ccccc1)COC2. The Bertz CT molecular complexity index is 605. The summed E-state index contributed by atoms with van der Waals surface area (Å²) in [5, 5.41) is 9.36. The van der Waals surface area contributed by atoms with E-state index in [1.807, 2.05) is 36.4 Å². The summed E-state index contributed by atoms with van der Waals surface area (Å²) >= 11 is 0. The number of carboxylic acid groups (broad SMARTS) is 1. The summed E-state index contributed by atoms with van der Waals surface area (Å²) < 4.78 is 5.60. The van der Waals surface area contributed by atoms with Crippen molar-refractivity contribution in [3.8, 4) is 0 Å². The van der Waals surface area contributed by atoms with Crippen molar-refractivity contribution < 1.29 is 14.6 Å². The van der Waals surface area contributed by atoms with Crippen molar-refractivity contribution in [1.82, 2.24) is 0 Å². The Morgan fingerprint density at radius 1 is 1.11 bits per heavy atom. The predicted molar refractivity (Wildman–Crippen MR) is 71.3 cm³/mol. The van der Waals surface area contributed by atoms with Crippen LogP contribution in [0.4, 0.5) is 0 Å². The van der Waals surface area contributed by atoms with E-state index in [-0.39, 0.29) is 5.92 Å². The van der Waals surface area contributed by atoms with Gasteiger partial charge in [-0.05, 0) is 22.8 Å². The lowest BCUT2D eigenvalue weighted by atomic mass is 9.84. The van der Waals surface area contributed by atoms with Gasteiger partial charge in [0.2, 0.25) is 0 Å². The molecule has 0 aromatic heterocycles. The third-order valence-corrected chi connectivity index (χ3v) is 3.52. The number of hydrogen-bond donors (Lipinski definition) is 1. The molecule has 96 valence electrons. The monoisotopic (exact) mass is 254 g/mol. The fraction of sp³-hybridized carbons (Fsp3) is 0.188. The third-order valence-electron chi connectivity index (χ3n) is 3.52. The van der Waals surface area contributed by atoms with Crippen LogP contribution < -0.4 is 0 Å². The van der Waals surface area contributed by atoms with Crippen molar-refractivity contribution in [2.24, 2.45) is 0 Å². The van der Waals surface area contributed by atoms with Gasteiger partial charge >= 0.3 is 5.97 Å². The highest BCUT2D eigenvalue weighted by Gasteiger charge is 2.27. The zero-order valence-corrected chi connectivity index (χ0v) is 10.4. The van der Waals surface area contributed by atoms with Gasteiger partial charge in [-0.2, -0.15) is 0 Å². The number of carbonyl (C=O) groups is 1. The van der Waals surface area contributed by atoms with E-state index in [1.165, 1.54) is 0 Å². The molecule has 2 aromatic rings. The Balaban J connectivity index is 2.16. The molecule has 0 radical (unpaired) electrons. The first-order valence-electron chi connectivity index (χ1n) is 6.25. The van der Waals surface area contributed by atoms with Gasteiger partial charge < -0.3 is 9.84 Å². The Hall–Kier alpha value is -2.13. The third kappa shape index (κ3) is 2.13. The van der Waals surface area contributed by atoms with Crippen molar-refractivity contribution >= 4 is 5.97 Å². The lowest BCUT2D eigenvalue weighted by Gasteiger charge is -2.27. The van der Waals surface area contributed by atoms with Gasteiger partial charge in [0.25, 0.3) is 0 Å². The van der Waals surface area contributed by atoms with Gasteiger partial charge in [0.1, 0.15) is 0 Å². The van der Waals surface area contributed by atoms with E-state index in [0.717, 1.165) is 16.7 Å². The standard InChI is InChI=1S/C16H14O3/c17-16(18)13-8-4-7-12-9-19-10-14(15(12)13)11-5-2-1-3-6-11/h1-8,14H,9-10H2,(H,17,18). The summed E-state index contributed by atoms with van der Waals surface area (Å²) in [5.74, 6) is -0.878. The van der Waals surface area contributed by atoms with Crippen LogP contribution in [0, 0.1) is 0 Å². The van der Waals surface area contributed by atoms with E-state index in [9.17, 15) is 9.90 Å². The Kier molecular flexibility index (Phi) is 3.05. The van der Waals surface area contributed by atoms with Crippen molar-refractivity contribution in [2.75, 3.05) is 6.61 Å². The quantitative estimate of drug-likeness (QED) is 0.896. The van der Waals surface area contributed by atoms with Crippen LogP contribution in [0.25, 0.3) is 0 Å². The van der Waals surface area contributed by atoms with E-state index >= 15 is 0 Å². The van der Waals surface area contributed by atoms with E-state index in [4.69, 9.17) is 4.74 Å². The lowest BCUT2D eigenvalue weighted by molar-refractivity contribution is 0.0686. The summed E-state index contributed by atoms with van der Waals surface area (Å²) in [6.45, 7) is 1.01. The average Bonchev–Trinajstić information content (AvgIpc) is 2.46. The maximum absolute atomic E-state index is 11.4. The second kappa shape index (κ2) is 4.86. The Morgan fingerprint density at radius 2 is 1.89 bits per heavy atom. The maximum Gasteiger partial charge on any atom is 0.335 e. The van der Waals surface area contributed by atoms with Crippen LogP contribution >= 0.6 is 0 Å². The van der Waals surface area contributed by atoms with Gasteiger partial charge in [0.15, 0.2) is 0 Å².